The maximum Gasteiger partial charge on any atom is 0.459 e. The standard InChI is InChI=1S/C23H32N3O9P/c1-14(2)33-23(30)15(3)25-36(31,35-17-9-5-4-6-10-17)32-13-18-19(27)20(28)22(34-18)26-11-7-8-16(12-26)21(24)29/h4-7,9-12,14-15,18-20,22,27-28H,8,13H2,1-3H3,(H2,24,29)(H,25,31)/t15-,18+,19?,20-,22+,36?/m0/s1. The molecule has 0 radical (unpaired) electrons. The van der Waals surface area contributed by atoms with Crippen molar-refractivity contribution in [3.05, 3.63) is 54.4 Å². The van der Waals surface area contributed by atoms with Crippen molar-refractivity contribution in [1.29, 1.82) is 0 Å². The van der Waals surface area contributed by atoms with Gasteiger partial charge in [-0.3, -0.25) is 14.1 Å². The molecule has 2 heterocycles. The van der Waals surface area contributed by atoms with E-state index in [0.29, 0.717) is 12.0 Å². The van der Waals surface area contributed by atoms with E-state index in [9.17, 15) is 24.4 Å². The molecule has 13 heteroatoms. The number of nitrogens with two attached hydrogens (primary N) is 1. The summed E-state index contributed by atoms with van der Waals surface area (Å²) in [5.74, 6) is -1.06. The van der Waals surface area contributed by atoms with Crippen molar-refractivity contribution >= 4 is 19.6 Å². The molecule has 1 aromatic carbocycles. The van der Waals surface area contributed by atoms with Gasteiger partial charge in [0.25, 0.3) is 0 Å². The van der Waals surface area contributed by atoms with Crippen LogP contribution in [0.3, 0.4) is 0 Å². The van der Waals surface area contributed by atoms with Crippen LogP contribution in [-0.4, -0.2) is 70.3 Å². The zero-order valence-corrected chi connectivity index (χ0v) is 21.1. The molecule has 0 aliphatic carbocycles. The van der Waals surface area contributed by atoms with Crippen molar-refractivity contribution in [2.45, 2.75) is 63.9 Å². The number of allylic oxidation sites excluding steroid dienone is 1. The van der Waals surface area contributed by atoms with Crippen molar-refractivity contribution in [3.8, 4) is 5.75 Å². The summed E-state index contributed by atoms with van der Waals surface area (Å²) in [6.07, 6.45) is -0.339. The number of carbonyl (C=O) groups is 2. The number of carbonyl (C=O) groups excluding carboxylic acids is 2. The van der Waals surface area contributed by atoms with Gasteiger partial charge in [-0.05, 0) is 39.3 Å². The van der Waals surface area contributed by atoms with E-state index in [-0.39, 0.29) is 11.9 Å². The number of para-hydroxylation sites is 1. The van der Waals surface area contributed by atoms with Gasteiger partial charge >= 0.3 is 13.7 Å². The highest BCUT2D eigenvalue weighted by atomic mass is 31.2. The summed E-state index contributed by atoms with van der Waals surface area (Å²) in [5, 5.41) is 23.6. The average molecular weight is 525 g/mol. The lowest BCUT2D eigenvalue weighted by atomic mass is 10.1. The van der Waals surface area contributed by atoms with Crippen LogP contribution in [0.5, 0.6) is 5.75 Å². The molecule has 6 atom stereocenters. The Hall–Kier alpha value is -2.73. The number of rotatable bonds is 11. The molecule has 3 rings (SSSR count). The first-order valence-electron chi connectivity index (χ1n) is 11.4. The van der Waals surface area contributed by atoms with Gasteiger partial charge in [0.15, 0.2) is 6.23 Å². The third-order valence-electron chi connectivity index (χ3n) is 5.30. The van der Waals surface area contributed by atoms with E-state index in [1.807, 2.05) is 0 Å². The Kier molecular flexibility index (Phi) is 9.29. The van der Waals surface area contributed by atoms with Crippen molar-refractivity contribution in [2.75, 3.05) is 6.61 Å². The van der Waals surface area contributed by atoms with Gasteiger partial charge in [-0.25, -0.2) is 4.57 Å². The number of benzene rings is 1. The number of hydrogen-bond donors (Lipinski definition) is 4. The van der Waals surface area contributed by atoms with Crippen LogP contribution in [0.25, 0.3) is 0 Å². The number of primary amides is 1. The molecule has 1 aromatic rings. The fourth-order valence-corrected chi connectivity index (χ4v) is 5.02. The fraction of sp³-hybridized carbons (Fsp3) is 0.478. The molecule has 2 aliphatic rings. The Balaban J connectivity index is 1.72. The van der Waals surface area contributed by atoms with Crippen LogP contribution in [0, 0.1) is 0 Å². The van der Waals surface area contributed by atoms with Crippen molar-refractivity contribution in [1.82, 2.24) is 9.99 Å². The normalized spacial score (nSPS) is 26.3. The topological polar surface area (TPSA) is 170 Å². The molecule has 1 amide bonds. The molecule has 36 heavy (non-hydrogen) atoms. The quantitative estimate of drug-likeness (QED) is 0.241. The van der Waals surface area contributed by atoms with Crippen molar-refractivity contribution in [2.24, 2.45) is 5.73 Å². The molecule has 5 N–H and O–H groups in total. The van der Waals surface area contributed by atoms with Gasteiger partial charge in [-0.1, -0.05) is 24.3 Å². The molecule has 0 aromatic heterocycles. The van der Waals surface area contributed by atoms with Gasteiger partial charge in [-0.15, -0.1) is 0 Å². The van der Waals surface area contributed by atoms with Crippen LogP contribution in [-0.2, 0) is 28.2 Å². The third kappa shape index (κ3) is 7.16. The minimum atomic E-state index is -4.19. The smallest absolute Gasteiger partial charge is 0.459 e. The van der Waals surface area contributed by atoms with E-state index in [1.165, 1.54) is 18.0 Å². The summed E-state index contributed by atoms with van der Waals surface area (Å²) in [6, 6.07) is 7.14. The number of amides is 1. The summed E-state index contributed by atoms with van der Waals surface area (Å²) >= 11 is 0. The van der Waals surface area contributed by atoms with Crippen LogP contribution in [0.2, 0.25) is 0 Å². The zero-order chi connectivity index (χ0) is 26.5. The van der Waals surface area contributed by atoms with Crippen LogP contribution in [0.1, 0.15) is 27.2 Å². The molecule has 198 valence electrons. The lowest BCUT2D eigenvalue weighted by Crippen LogP contribution is -2.40. The van der Waals surface area contributed by atoms with E-state index in [2.05, 4.69) is 5.09 Å². The summed E-state index contributed by atoms with van der Waals surface area (Å²) in [6.45, 7) is 4.35. The van der Waals surface area contributed by atoms with Crippen molar-refractivity contribution < 1.29 is 42.9 Å². The maximum atomic E-state index is 13.6. The lowest BCUT2D eigenvalue weighted by molar-refractivity contribution is -0.149. The van der Waals surface area contributed by atoms with Crippen LogP contribution >= 0.6 is 7.75 Å². The number of nitrogens with zero attached hydrogens (tertiary/aromatic N) is 1. The van der Waals surface area contributed by atoms with Crippen LogP contribution in [0.15, 0.2) is 54.4 Å². The molecular weight excluding hydrogens is 493 g/mol. The Morgan fingerprint density at radius 2 is 1.92 bits per heavy atom. The lowest BCUT2D eigenvalue weighted by Gasteiger charge is -2.28. The van der Waals surface area contributed by atoms with Gasteiger partial charge in [0, 0.05) is 18.0 Å². The summed E-state index contributed by atoms with van der Waals surface area (Å²) in [7, 11) is -4.19. The summed E-state index contributed by atoms with van der Waals surface area (Å²) in [5.41, 5.74) is 5.64. The highest BCUT2D eigenvalue weighted by Crippen LogP contribution is 2.45. The molecule has 0 spiro atoms. The van der Waals surface area contributed by atoms with Crippen LogP contribution in [0.4, 0.5) is 0 Å². The summed E-state index contributed by atoms with van der Waals surface area (Å²) in [4.78, 5) is 25.2. The summed E-state index contributed by atoms with van der Waals surface area (Å²) < 4.78 is 35.6. The number of aliphatic hydroxyl groups excluding tert-OH is 2. The minimum absolute atomic E-state index is 0.214. The molecule has 2 unspecified atom stereocenters. The number of ether oxygens (including phenoxy) is 2. The Morgan fingerprint density at radius 1 is 1.22 bits per heavy atom. The number of hydrogen-bond acceptors (Lipinski definition) is 10. The molecule has 0 bridgehead atoms. The third-order valence-corrected chi connectivity index (χ3v) is 6.95. The number of esters is 1. The minimum Gasteiger partial charge on any atom is -0.462 e. The Morgan fingerprint density at radius 3 is 2.56 bits per heavy atom. The second-order valence-corrected chi connectivity index (χ2v) is 10.3. The zero-order valence-electron chi connectivity index (χ0n) is 20.2. The molecule has 1 saturated heterocycles. The number of aliphatic hydroxyl groups is 2. The molecule has 12 nitrogen and oxygen atoms in total. The van der Waals surface area contributed by atoms with E-state index in [4.69, 9.17) is 24.3 Å². The van der Waals surface area contributed by atoms with Crippen LogP contribution < -0.4 is 15.3 Å². The Labute approximate surface area is 209 Å². The maximum absolute atomic E-state index is 13.6. The first-order valence-corrected chi connectivity index (χ1v) is 13.0. The van der Waals surface area contributed by atoms with E-state index >= 15 is 0 Å². The molecule has 0 saturated carbocycles. The fourth-order valence-electron chi connectivity index (χ4n) is 3.52. The average Bonchev–Trinajstić information content (AvgIpc) is 3.11. The van der Waals surface area contributed by atoms with Gasteiger partial charge in [-0.2, -0.15) is 5.09 Å². The monoisotopic (exact) mass is 525 g/mol. The van der Waals surface area contributed by atoms with E-state index < -0.39 is 56.8 Å². The van der Waals surface area contributed by atoms with Crippen molar-refractivity contribution in [3.63, 3.8) is 0 Å². The van der Waals surface area contributed by atoms with Gasteiger partial charge in [0.1, 0.15) is 30.1 Å². The van der Waals surface area contributed by atoms with Gasteiger partial charge in [0.05, 0.1) is 12.7 Å². The van der Waals surface area contributed by atoms with Gasteiger partial charge in [0.2, 0.25) is 5.91 Å². The molecular formula is C23H32N3O9P. The van der Waals surface area contributed by atoms with Gasteiger partial charge < -0.3 is 34.8 Å². The SMILES string of the molecule is CC(C)OC(=O)[C@H](C)NP(=O)(OC[C@H]1O[C@@H](N2C=CCC(C(N)=O)=C2)[C@@H](O)C1O)Oc1ccccc1. The highest BCUT2D eigenvalue weighted by molar-refractivity contribution is 7.52. The highest BCUT2D eigenvalue weighted by Gasteiger charge is 2.46. The predicted octanol–water partition coefficient (Wildman–Crippen LogP) is 1.16. The predicted molar refractivity (Wildman–Crippen MR) is 128 cm³/mol. The van der Waals surface area contributed by atoms with E-state index in [1.54, 1.807) is 56.5 Å². The second kappa shape index (κ2) is 12.0. The number of nitrogens with one attached hydrogen (secondary N) is 1. The first kappa shape index (κ1) is 27.9. The largest absolute Gasteiger partial charge is 0.462 e. The Bertz CT molecular complexity index is 1030. The first-order chi connectivity index (χ1) is 17.0. The van der Waals surface area contributed by atoms with E-state index in [0.717, 1.165) is 0 Å². The molecule has 1 fully saturated rings. The molecule has 2 aliphatic heterocycles. The second-order valence-electron chi connectivity index (χ2n) is 8.63.